The summed E-state index contributed by atoms with van der Waals surface area (Å²) >= 11 is 0.932. The zero-order chi connectivity index (χ0) is 14.0. The summed E-state index contributed by atoms with van der Waals surface area (Å²) in [5.41, 5.74) is 5.45. The highest BCUT2D eigenvalue weighted by Crippen LogP contribution is 2.36. The Morgan fingerprint density at radius 1 is 0.947 bits per heavy atom. The number of halogens is 4. The third-order valence-electron chi connectivity index (χ3n) is 2.39. The van der Waals surface area contributed by atoms with E-state index >= 15 is 0 Å². The molecule has 0 aliphatic heterocycles. The van der Waals surface area contributed by atoms with Crippen molar-refractivity contribution in [1.29, 1.82) is 0 Å². The molecule has 0 bridgehead atoms. The van der Waals surface area contributed by atoms with E-state index in [0.29, 0.717) is 4.90 Å². The van der Waals surface area contributed by atoms with Gasteiger partial charge in [0.25, 0.3) is 6.43 Å². The Labute approximate surface area is 111 Å². The van der Waals surface area contributed by atoms with Crippen molar-refractivity contribution >= 4 is 17.4 Å². The molecule has 0 aliphatic rings. The highest BCUT2D eigenvalue weighted by atomic mass is 32.2. The fraction of sp³-hybridized carbons (Fsp3) is 0.0769. The second-order valence-corrected chi connectivity index (χ2v) is 4.89. The van der Waals surface area contributed by atoms with Crippen molar-refractivity contribution in [2.24, 2.45) is 0 Å². The van der Waals surface area contributed by atoms with Gasteiger partial charge in [0.2, 0.25) is 0 Å². The Bertz CT molecular complexity index is 601. The molecule has 0 heterocycles. The molecule has 2 aromatic carbocycles. The van der Waals surface area contributed by atoms with Gasteiger partial charge in [0.15, 0.2) is 11.6 Å². The lowest BCUT2D eigenvalue weighted by Crippen LogP contribution is -1.93. The molecule has 2 N–H and O–H groups in total. The predicted octanol–water partition coefficient (Wildman–Crippen LogP) is 4.64. The lowest BCUT2D eigenvalue weighted by Gasteiger charge is -2.09. The lowest BCUT2D eigenvalue weighted by molar-refractivity contribution is 0.148. The summed E-state index contributed by atoms with van der Waals surface area (Å²) in [6, 6.07) is 7.33. The smallest absolute Gasteiger partial charge is 0.265 e. The quantitative estimate of drug-likeness (QED) is 0.657. The summed E-state index contributed by atoms with van der Waals surface area (Å²) in [7, 11) is 0. The zero-order valence-electron chi connectivity index (χ0n) is 9.54. The van der Waals surface area contributed by atoms with Gasteiger partial charge in [0.1, 0.15) is 0 Å². The predicted molar refractivity (Wildman–Crippen MR) is 66.3 cm³/mol. The fourth-order valence-electron chi connectivity index (χ4n) is 1.50. The van der Waals surface area contributed by atoms with Crippen LogP contribution < -0.4 is 5.73 Å². The fourth-order valence-corrected chi connectivity index (χ4v) is 2.45. The van der Waals surface area contributed by atoms with Crippen LogP contribution in [0.1, 0.15) is 12.0 Å². The molecule has 0 saturated carbocycles. The van der Waals surface area contributed by atoms with Crippen LogP contribution in [0.2, 0.25) is 0 Å². The van der Waals surface area contributed by atoms with Crippen LogP contribution in [0.25, 0.3) is 0 Å². The number of nitrogen functional groups attached to an aromatic ring is 1. The van der Waals surface area contributed by atoms with E-state index in [0.717, 1.165) is 23.9 Å². The Hall–Kier alpha value is -1.69. The number of hydrogen-bond acceptors (Lipinski definition) is 2. The minimum absolute atomic E-state index is 0.227. The van der Waals surface area contributed by atoms with Crippen molar-refractivity contribution in [1.82, 2.24) is 0 Å². The van der Waals surface area contributed by atoms with E-state index in [9.17, 15) is 17.6 Å². The van der Waals surface area contributed by atoms with E-state index < -0.39 is 18.1 Å². The Morgan fingerprint density at radius 2 is 1.68 bits per heavy atom. The highest BCUT2D eigenvalue weighted by Gasteiger charge is 2.15. The number of rotatable bonds is 3. The van der Waals surface area contributed by atoms with E-state index in [1.165, 1.54) is 24.3 Å². The van der Waals surface area contributed by atoms with E-state index in [2.05, 4.69) is 0 Å². The van der Waals surface area contributed by atoms with E-state index in [1.54, 1.807) is 0 Å². The molecule has 0 aromatic heterocycles. The SMILES string of the molecule is Nc1ccc(Sc2ccc(F)c(F)c2)c(C(F)F)c1. The van der Waals surface area contributed by atoms with Gasteiger partial charge >= 0.3 is 0 Å². The first-order valence-corrected chi connectivity index (χ1v) is 6.09. The van der Waals surface area contributed by atoms with Crippen LogP contribution >= 0.6 is 11.8 Å². The Balaban J connectivity index is 2.35. The maximum Gasteiger partial charge on any atom is 0.265 e. The second kappa shape index (κ2) is 5.52. The first-order chi connectivity index (χ1) is 8.97. The molecule has 0 atom stereocenters. The number of anilines is 1. The monoisotopic (exact) mass is 287 g/mol. The van der Waals surface area contributed by atoms with Gasteiger partial charge < -0.3 is 5.73 Å². The molecule has 0 unspecified atom stereocenters. The second-order valence-electron chi connectivity index (χ2n) is 3.78. The standard InChI is InChI=1S/C13H9F4NS/c14-10-3-2-8(6-11(10)15)19-12-4-1-7(18)5-9(12)13(16)17/h1-6,13H,18H2. The van der Waals surface area contributed by atoms with E-state index in [1.807, 2.05) is 0 Å². The van der Waals surface area contributed by atoms with Crippen LogP contribution in [0.15, 0.2) is 46.2 Å². The summed E-state index contributed by atoms with van der Waals surface area (Å²) in [4.78, 5) is 0.598. The normalized spacial score (nSPS) is 11.0. The van der Waals surface area contributed by atoms with Gasteiger partial charge in [0.05, 0.1) is 0 Å². The van der Waals surface area contributed by atoms with Gasteiger partial charge in [-0.25, -0.2) is 17.6 Å². The zero-order valence-corrected chi connectivity index (χ0v) is 10.4. The third kappa shape index (κ3) is 3.20. The van der Waals surface area contributed by atoms with Crippen molar-refractivity contribution in [3.63, 3.8) is 0 Å². The molecule has 0 spiro atoms. The van der Waals surface area contributed by atoms with Crippen LogP contribution in [0.4, 0.5) is 23.2 Å². The maximum absolute atomic E-state index is 13.0. The van der Waals surface area contributed by atoms with Crippen LogP contribution in [0.3, 0.4) is 0 Å². The third-order valence-corrected chi connectivity index (χ3v) is 3.47. The van der Waals surface area contributed by atoms with Crippen LogP contribution in [-0.2, 0) is 0 Å². The molecule has 100 valence electrons. The molecule has 0 amide bonds. The summed E-state index contributed by atoms with van der Waals surface area (Å²) < 4.78 is 51.5. The molecular formula is C13H9F4NS. The molecule has 0 radical (unpaired) electrons. The molecule has 0 saturated heterocycles. The minimum Gasteiger partial charge on any atom is -0.399 e. The minimum atomic E-state index is -2.68. The molecule has 2 aromatic rings. The van der Waals surface area contributed by atoms with Gasteiger partial charge in [-0.3, -0.25) is 0 Å². The molecular weight excluding hydrogens is 278 g/mol. The Morgan fingerprint density at radius 3 is 2.32 bits per heavy atom. The van der Waals surface area contributed by atoms with Crippen molar-refractivity contribution in [3.8, 4) is 0 Å². The van der Waals surface area contributed by atoms with Gasteiger partial charge in [0, 0.05) is 21.0 Å². The average Bonchev–Trinajstić information content (AvgIpc) is 2.36. The number of alkyl halides is 2. The summed E-state index contributed by atoms with van der Waals surface area (Å²) in [6.07, 6.45) is -2.68. The average molecular weight is 287 g/mol. The Kier molecular flexibility index (Phi) is 3.99. The highest BCUT2D eigenvalue weighted by molar-refractivity contribution is 7.99. The van der Waals surface area contributed by atoms with Gasteiger partial charge in [-0.15, -0.1) is 0 Å². The molecule has 0 fully saturated rings. The first kappa shape index (κ1) is 13.7. The largest absolute Gasteiger partial charge is 0.399 e. The number of benzene rings is 2. The van der Waals surface area contributed by atoms with E-state index in [4.69, 9.17) is 5.73 Å². The molecule has 1 nitrogen and oxygen atoms in total. The summed E-state index contributed by atoms with van der Waals surface area (Å²) in [5.74, 6) is -1.99. The van der Waals surface area contributed by atoms with E-state index in [-0.39, 0.29) is 16.1 Å². The topological polar surface area (TPSA) is 26.0 Å². The van der Waals surface area contributed by atoms with Crippen molar-refractivity contribution in [2.45, 2.75) is 16.2 Å². The molecule has 19 heavy (non-hydrogen) atoms. The van der Waals surface area contributed by atoms with Crippen LogP contribution in [0.5, 0.6) is 0 Å². The van der Waals surface area contributed by atoms with Gasteiger partial charge in [-0.05, 0) is 36.4 Å². The number of hydrogen-bond donors (Lipinski definition) is 1. The van der Waals surface area contributed by atoms with Crippen LogP contribution in [0, 0.1) is 11.6 Å². The van der Waals surface area contributed by atoms with Crippen molar-refractivity contribution in [3.05, 3.63) is 53.6 Å². The molecule has 2 rings (SSSR count). The molecule has 0 aliphatic carbocycles. The summed E-state index contributed by atoms with van der Waals surface area (Å²) in [5, 5.41) is 0. The maximum atomic E-state index is 13.0. The molecule has 6 heteroatoms. The van der Waals surface area contributed by atoms with Crippen molar-refractivity contribution < 1.29 is 17.6 Å². The first-order valence-electron chi connectivity index (χ1n) is 5.28. The van der Waals surface area contributed by atoms with Crippen molar-refractivity contribution in [2.75, 3.05) is 5.73 Å². The van der Waals surface area contributed by atoms with Crippen LogP contribution in [-0.4, -0.2) is 0 Å². The van der Waals surface area contributed by atoms with Gasteiger partial charge in [-0.2, -0.15) is 0 Å². The lowest BCUT2D eigenvalue weighted by atomic mass is 10.2. The van der Waals surface area contributed by atoms with Gasteiger partial charge in [-0.1, -0.05) is 11.8 Å². The summed E-state index contributed by atoms with van der Waals surface area (Å²) in [6.45, 7) is 0. The number of nitrogens with two attached hydrogens (primary N) is 1.